The molecule has 13 heteroatoms. The van der Waals surface area contributed by atoms with E-state index in [2.05, 4.69) is 27.9 Å². The molecular weight excluding hydrogens is 436 g/mol. The molecule has 0 saturated carbocycles. The summed E-state index contributed by atoms with van der Waals surface area (Å²) in [5.74, 6) is -5.02. The van der Waals surface area contributed by atoms with Crippen LogP contribution in [0.3, 0.4) is 0 Å². The third-order valence-electron chi connectivity index (χ3n) is 1.31. The molecule has 110 valence electrons. The van der Waals surface area contributed by atoms with Crippen LogP contribution in [0.2, 0.25) is 0 Å². The molecule has 0 aliphatic rings. The highest BCUT2D eigenvalue weighted by molar-refractivity contribution is 6.70. The fraction of sp³-hybridized carbons (Fsp3) is 1.00. The topological polar surface area (TPSA) is 9.23 Å². The number of alkyl halides is 12. The molecule has 0 aliphatic heterocycles. The lowest BCUT2D eigenvalue weighted by Gasteiger charge is -2.37. The molecule has 18 heavy (non-hydrogen) atoms. The summed E-state index contributed by atoms with van der Waals surface area (Å²) in [4.78, 5) is 0. The Morgan fingerprint density at radius 2 is 1.00 bits per heavy atom. The second-order valence-corrected chi connectivity index (χ2v) is 7.97. The highest BCUT2D eigenvalue weighted by atomic mass is 35.6. The maximum Gasteiger partial charge on any atom is 0.366 e. The van der Waals surface area contributed by atoms with E-state index < -0.39 is 24.1 Å². The van der Waals surface area contributed by atoms with Crippen molar-refractivity contribution in [2.45, 2.75) is 24.1 Å². The molecule has 0 N–H and O–H groups in total. The van der Waals surface area contributed by atoms with Crippen molar-refractivity contribution in [1.29, 1.82) is 0 Å². The molecule has 0 rings (SSSR count). The van der Waals surface area contributed by atoms with E-state index in [1.54, 1.807) is 0 Å². The molecule has 0 saturated heterocycles. The monoisotopic (exact) mass is 432 g/mol. The Bertz CT molecular complexity index is 308. The van der Waals surface area contributed by atoms with E-state index in [-0.39, 0.29) is 0 Å². The standard InChI is InChI=1S/C5Cl8F4O/c6-2(7,8)5(13,17)18-4(11,12)1(14,15)3(9,10)16. The Hall–Kier alpha value is 2.00. The predicted octanol–water partition coefficient (Wildman–Crippen LogP) is 6.10. The second kappa shape index (κ2) is 5.65. The van der Waals surface area contributed by atoms with E-state index in [0.29, 0.717) is 0 Å². The fourth-order valence-corrected chi connectivity index (χ4v) is 1.69. The van der Waals surface area contributed by atoms with E-state index in [1.807, 2.05) is 0 Å². The van der Waals surface area contributed by atoms with Gasteiger partial charge in [0.15, 0.2) is 0 Å². The van der Waals surface area contributed by atoms with E-state index in [9.17, 15) is 17.6 Å². The van der Waals surface area contributed by atoms with E-state index >= 15 is 0 Å². The molecule has 0 heterocycles. The zero-order valence-corrected chi connectivity index (χ0v) is 13.5. The summed E-state index contributed by atoms with van der Waals surface area (Å²) < 4.78 is 45.0. The van der Waals surface area contributed by atoms with Gasteiger partial charge in [-0.1, -0.05) is 81.2 Å². The summed E-state index contributed by atoms with van der Waals surface area (Å²) in [5.41, 5.74) is 0. The van der Waals surface area contributed by atoms with Crippen LogP contribution in [0.1, 0.15) is 0 Å². The zero-order valence-electron chi connectivity index (χ0n) is 7.44. The summed E-state index contributed by atoms with van der Waals surface area (Å²) in [6.45, 7) is 0. The highest BCUT2D eigenvalue weighted by Crippen LogP contribution is 2.56. The number of ether oxygens (including phenoxy) is 1. The molecule has 1 unspecified atom stereocenters. The van der Waals surface area contributed by atoms with Gasteiger partial charge in [0.05, 0.1) is 0 Å². The van der Waals surface area contributed by atoms with Gasteiger partial charge in [-0.05, 0) is 11.6 Å². The van der Waals surface area contributed by atoms with Crippen LogP contribution in [0.25, 0.3) is 0 Å². The minimum absolute atomic E-state index is 3.07. The first-order valence-corrected chi connectivity index (χ1v) is 6.45. The molecule has 0 radical (unpaired) electrons. The van der Waals surface area contributed by atoms with Crippen LogP contribution in [0.15, 0.2) is 0 Å². The van der Waals surface area contributed by atoms with Gasteiger partial charge >= 0.3 is 15.8 Å². The summed E-state index contributed by atoms with van der Waals surface area (Å²) in [6.07, 6.45) is 0. The van der Waals surface area contributed by atoms with Gasteiger partial charge in [-0.3, -0.25) is 4.74 Å². The van der Waals surface area contributed by atoms with Crippen LogP contribution >= 0.6 is 92.8 Å². The maximum absolute atomic E-state index is 13.4. The number of rotatable bonds is 4. The molecule has 0 aromatic carbocycles. The molecule has 0 amide bonds. The van der Waals surface area contributed by atoms with Gasteiger partial charge < -0.3 is 0 Å². The molecule has 0 aliphatic carbocycles. The van der Waals surface area contributed by atoms with Crippen molar-refractivity contribution in [2.75, 3.05) is 0 Å². The third-order valence-corrected chi connectivity index (χ3v) is 3.79. The lowest BCUT2D eigenvalue weighted by Crippen LogP contribution is -2.55. The number of hydrogen-bond donors (Lipinski definition) is 0. The van der Waals surface area contributed by atoms with Gasteiger partial charge in [0, 0.05) is 0 Å². The van der Waals surface area contributed by atoms with Crippen molar-refractivity contribution in [3.05, 3.63) is 0 Å². The second-order valence-electron chi connectivity index (χ2n) is 2.71. The average molecular weight is 436 g/mol. The van der Waals surface area contributed by atoms with Gasteiger partial charge in [0.1, 0.15) is 0 Å². The van der Waals surface area contributed by atoms with Crippen LogP contribution in [0.5, 0.6) is 0 Å². The van der Waals surface area contributed by atoms with E-state index in [0.717, 1.165) is 0 Å². The predicted molar refractivity (Wildman–Crippen MR) is 66.0 cm³/mol. The Kier molecular flexibility index (Phi) is 6.28. The number of halogens is 12. The molecule has 0 aromatic heterocycles. The van der Waals surface area contributed by atoms with Crippen molar-refractivity contribution in [3.63, 3.8) is 0 Å². The van der Waals surface area contributed by atoms with E-state index in [4.69, 9.17) is 69.6 Å². The molecule has 1 nitrogen and oxygen atoms in total. The van der Waals surface area contributed by atoms with Crippen molar-refractivity contribution in [2.24, 2.45) is 0 Å². The molecule has 0 fully saturated rings. The van der Waals surface area contributed by atoms with Gasteiger partial charge in [0.25, 0.3) is 8.31 Å². The smallest absolute Gasteiger partial charge is 0.288 e. The maximum atomic E-state index is 13.4. The molecule has 0 spiro atoms. The Labute approximate surface area is 138 Å². The summed E-state index contributed by atoms with van der Waals surface area (Å²) in [5, 5.41) is -3.91. The van der Waals surface area contributed by atoms with Crippen LogP contribution in [-0.2, 0) is 4.74 Å². The summed E-state index contributed by atoms with van der Waals surface area (Å²) in [6, 6.07) is 0. The Morgan fingerprint density at radius 3 is 1.22 bits per heavy atom. The van der Waals surface area contributed by atoms with Crippen LogP contribution in [0, 0.1) is 0 Å². The van der Waals surface area contributed by atoms with Gasteiger partial charge in [-0.15, -0.1) is 0 Å². The molecule has 0 bridgehead atoms. The quantitative estimate of drug-likeness (QED) is 0.383. The Morgan fingerprint density at radius 1 is 0.667 bits per heavy atom. The van der Waals surface area contributed by atoms with Gasteiger partial charge in [-0.25, -0.2) is 4.39 Å². The Balaban J connectivity index is 5.33. The minimum Gasteiger partial charge on any atom is -0.288 e. The summed E-state index contributed by atoms with van der Waals surface area (Å²) >= 11 is 38.5. The zero-order chi connectivity index (χ0) is 15.2. The summed E-state index contributed by atoms with van der Waals surface area (Å²) in [7, 11) is 0. The minimum atomic E-state index is -5.02. The van der Waals surface area contributed by atoms with Crippen molar-refractivity contribution in [3.8, 4) is 0 Å². The largest absolute Gasteiger partial charge is 0.366 e. The van der Waals surface area contributed by atoms with Crippen LogP contribution < -0.4 is 0 Å². The molecule has 1 atom stereocenters. The van der Waals surface area contributed by atoms with Crippen molar-refractivity contribution < 1.29 is 22.3 Å². The first kappa shape index (κ1) is 20.0. The van der Waals surface area contributed by atoms with E-state index in [1.165, 1.54) is 0 Å². The first-order valence-electron chi connectivity index (χ1n) is 3.43. The van der Waals surface area contributed by atoms with Gasteiger partial charge in [0.2, 0.25) is 0 Å². The lowest BCUT2D eigenvalue weighted by molar-refractivity contribution is -0.210. The highest BCUT2D eigenvalue weighted by Gasteiger charge is 2.71. The van der Waals surface area contributed by atoms with Crippen molar-refractivity contribution in [1.82, 2.24) is 0 Å². The SMILES string of the molecule is FC(Cl)(Cl)C(F)(F)C(Cl)(Cl)OC(F)(Cl)C(Cl)(Cl)Cl. The normalized spacial score (nSPS) is 18.7. The molecular formula is C5Cl8F4O. The molecule has 0 aromatic rings. The van der Waals surface area contributed by atoms with Gasteiger partial charge in [-0.2, -0.15) is 13.2 Å². The van der Waals surface area contributed by atoms with Crippen LogP contribution in [-0.4, -0.2) is 24.1 Å². The first-order chi connectivity index (χ1) is 7.46. The van der Waals surface area contributed by atoms with Crippen molar-refractivity contribution >= 4 is 92.8 Å². The lowest BCUT2D eigenvalue weighted by atomic mass is 10.4. The number of hydrogen-bond acceptors (Lipinski definition) is 1. The fourth-order valence-electron chi connectivity index (χ4n) is 0.448. The van der Waals surface area contributed by atoms with Crippen LogP contribution in [0.4, 0.5) is 17.6 Å². The third kappa shape index (κ3) is 4.25. The average Bonchev–Trinajstić information content (AvgIpc) is 1.96.